The smallest absolute Gasteiger partial charge is 0.243 e. The Bertz CT molecular complexity index is 588. The van der Waals surface area contributed by atoms with E-state index in [9.17, 15) is 8.42 Å². The lowest BCUT2D eigenvalue weighted by Crippen LogP contribution is -2.48. The third-order valence-electron chi connectivity index (χ3n) is 4.18. The highest BCUT2D eigenvalue weighted by atomic mass is 32.2. The van der Waals surface area contributed by atoms with Crippen molar-refractivity contribution in [1.82, 2.24) is 4.31 Å². The molecule has 0 spiro atoms. The van der Waals surface area contributed by atoms with Crippen LogP contribution in [0.1, 0.15) is 46.1 Å². The molecular formula is C16H26N2O2S. The first-order valence-electron chi connectivity index (χ1n) is 7.50. The van der Waals surface area contributed by atoms with Crippen molar-refractivity contribution in [1.29, 1.82) is 0 Å². The molecule has 5 heteroatoms. The van der Waals surface area contributed by atoms with Gasteiger partial charge in [0, 0.05) is 18.6 Å². The summed E-state index contributed by atoms with van der Waals surface area (Å²) >= 11 is 0. The van der Waals surface area contributed by atoms with Gasteiger partial charge >= 0.3 is 0 Å². The molecule has 1 aliphatic heterocycles. The van der Waals surface area contributed by atoms with E-state index in [0.717, 1.165) is 18.4 Å². The summed E-state index contributed by atoms with van der Waals surface area (Å²) < 4.78 is 27.1. The molecular weight excluding hydrogens is 284 g/mol. The van der Waals surface area contributed by atoms with Gasteiger partial charge in [-0.3, -0.25) is 0 Å². The number of benzene rings is 1. The Kier molecular flexibility index (Phi) is 4.47. The van der Waals surface area contributed by atoms with E-state index in [1.807, 2.05) is 19.1 Å². The summed E-state index contributed by atoms with van der Waals surface area (Å²) in [5.41, 5.74) is 7.07. The lowest BCUT2D eigenvalue weighted by Gasteiger charge is -2.35. The molecule has 118 valence electrons. The first-order valence-corrected chi connectivity index (χ1v) is 8.94. The van der Waals surface area contributed by atoms with Crippen molar-refractivity contribution in [2.24, 2.45) is 5.73 Å². The average molecular weight is 310 g/mol. The highest BCUT2D eigenvalue weighted by Gasteiger charge is 2.33. The van der Waals surface area contributed by atoms with Crippen molar-refractivity contribution < 1.29 is 8.42 Å². The Morgan fingerprint density at radius 3 is 2.24 bits per heavy atom. The predicted octanol–water partition coefficient (Wildman–Crippen LogP) is 2.48. The van der Waals surface area contributed by atoms with Crippen LogP contribution in [0.3, 0.4) is 0 Å². The van der Waals surface area contributed by atoms with Crippen LogP contribution in [0.5, 0.6) is 0 Å². The Hall–Kier alpha value is -0.910. The van der Waals surface area contributed by atoms with Crippen LogP contribution in [0.2, 0.25) is 0 Å². The molecule has 0 saturated carbocycles. The van der Waals surface area contributed by atoms with Crippen LogP contribution in [-0.2, 0) is 15.4 Å². The fourth-order valence-electron chi connectivity index (χ4n) is 2.81. The van der Waals surface area contributed by atoms with E-state index in [-0.39, 0.29) is 17.5 Å². The molecule has 21 heavy (non-hydrogen) atoms. The van der Waals surface area contributed by atoms with Gasteiger partial charge in [0.2, 0.25) is 10.0 Å². The lowest BCUT2D eigenvalue weighted by molar-refractivity contribution is 0.247. The number of nitrogens with zero attached hydrogens (tertiary/aromatic N) is 1. The molecule has 4 nitrogen and oxygen atoms in total. The van der Waals surface area contributed by atoms with E-state index < -0.39 is 10.0 Å². The maximum atomic E-state index is 12.8. The number of sulfonamides is 1. The predicted molar refractivity (Wildman–Crippen MR) is 85.7 cm³/mol. The van der Waals surface area contributed by atoms with Crippen LogP contribution in [0.25, 0.3) is 0 Å². The van der Waals surface area contributed by atoms with Crippen molar-refractivity contribution >= 4 is 10.0 Å². The van der Waals surface area contributed by atoms with E-state index >= 15 is 0 Å². The first kappa shape index (κ1) is 16.5. The molecule has 2 atom stereocenters. The number of hydrogen-bond acceptors (Lipinski definition) is 3. The summed E-state index contributed by atoms with van der Waals surface area (Å²) in [6.07, 6.45) is 1.45. The highest BCUT2D eigenvalue weighted by Crippen LogP contribution is 2.27. The zero-order chi connectivity index (χ0) is 15.8. The molecule has 2 N–H and O–H groups in total. The van der Waals surface area contributed by atoms with Crippen molar-refractivity contribution in [3.8, 4) is 0 Å². The van der Waals surface area contributed by atoms with Crippen LogP contribution in [0, 0.1) is 0 Å². The summed E-state index contributed by atoms with van der Waals surface area (Å²) in [5.74, 6) is 0. The van der Waals surface area contributed by atoms with Crippen LogP contribution in [-0.4, -0.2) is 31.4 Å². The Morgan fingerprint density at radius 2 is 1.76 bits per heavy atom. The van der Waals surface area contributed by atoms with Gasteiger partial charge in [0.25, 0.3) is 0 Å². The third-order valence-corrected chi connectivity index (χ3v) is 6.21. The molecule has 0 bridgehead atoms. The van der Waals surface area contributed by atoms with Crippen LogP contribution < -0.4 is 5.73 Å². The summed E-state index contributed by atoms with van der Waals surface area (Å²) in [6, 6.07) is 7.32. The fourth-order valence-corrected chi connectivity index (χ4v) is 4.46. The molecule has 1 heterocycles. The maximum Gasteiger partial charge on any atom is 0.243 e. The summed E-state index contributed by atoms with van der Waals surface area (Å²) in [4.78, 5) is 0.373. The normalized spacial score (nSPS) is 25.0. The number of rotatable bonds is 2. The maximum absolute atomic E-state index is 12.8. The quantitative estimate of drug-likeness (QED) is 0.913. The molecule has 0 amide bonds. The fraction of sp³-hybridized carbons (Fsp3) is 0.625. The van der Waals surface area contributed by atoms with Crippen molar-refractivity contribution in [3.05, 3.63) is 29.8 Å². The summed E-state index contributed by atoms with van der Waals surface area (Å²) in [6.45, 7) is 8.78. The van der Waals surface area contributed by atoms with Gasteiger partial charge in [0.05, 0.1) is 4.90 Å². The third kappa shape index (κ3) is 3.47. The number of nitrogens with two attached hydrogens (primary N) is 1. The molecule has 1 aromatic carbocycles. The topological polar surface area (TPSA) is 63.4 Å². The van der Waals surface area contributed by atoms with E-state index in [4.69, 9.17) is 5.73 Å². The molecule has 1 fully saturated rings. The highest BCUT2D eigenvalue weighted by molar-refractivity contribution is 7.89. The SMILES string of the molecule is CC1CC(N)CCN1S(=O)(=O)c1ccc(C(C)(C)C)cc1. The molecule has 0 aliphatic carbocycles. The molecule has 1 aliphatic rings. The Morgan fingerprint density at radius 1 is 1.19 bits per heavy atom. The van der Waals surface area contributed by atoms with Gasteiger partial charge < -0.3 is 5.73 Å². The Labute approximate surface area is 128 Å². The van der Waals surface area contributed by atoms with Crippen LogP contribution in [0.15, 0.2) is 29.2 Å². The number of hydrogen-bond donors (Lipinski definition) is 1. The van der Waals surface area contributed by atoms with Crippen LogP contribution in [0.4, 0.5) is 0 Å². The van der Waals surface area contributed by atoms with Crippen LogP contribution >= 0.6 is 0 Å². The minimum atomic E-state index is -3.42. The first-order chi connectivity index (χ1) is 9.62. The standard InChI is InChI=1S/C16H26N2O2S/c1-12-11-14(17)9-10-18(12)21(19,20)15-7-5-13(6-8-15)16(2,3)4/h5-8,12,14H,9-11,17H2,1-4H3. The molecule has 2 rings (SSSR count). The second-order valence-corrected chi connectivity index (χ2v) is 8.91. The van der Waals surface area contributed by atoms with Gasteiger partial charge in [-0.2, -0.15) is 4.31 Å². The van der Waals surface area contributed by atoms with Gasteiger partial charge in [-0.15, -0.1) is 0 Å². The zero-order valence-electron chi connectivity index (χ0n) is 13.3. The van der Waals surface area contributed by atoms with Gasteiger partial charge in [-0.25, -0.2) is 8.42 Å². The summed E-state index contributed by atoms with van der Waals surface area (Å²) in [7, 11) is -3.42. The largest absolute Gasteiger partial charge is 0.328 e. The summed E-state index contributed by atoms with van der Waals surface area (Å²) in [5, 5.41) is 0. The Balaban J connectivity index is 2.28. The molecule has 1 saturated heterocycles. The van der Waals surface area contributed by atoms with E-state index in [1.54, 1.807) is 16.4 Å². The minimum Gasteiger partial charge on any atom is -0.328 e. The van der Waals surface area contributed by atoms with Crippen molar-refractivity contribution in [2.45, 2.75) is 62.9 Å². The lowest BCUT2D eigenvalue weighted by atomic mass is 9.87. The minimum absolute atomic E-state index is 0.0213. The molecule has 1 aromatic rings. The second-order valence-electron chi connectivity index (χ2n) is 7.02. The monoisotopic (exact) mass is 310 g/mol. The number of piperidine rings is 1. The van der Waals surface area contributed by atoms with E-state index in [0.29, 0.717) is 11.4 Å². The van der Waals surface area contributed by atoms with Crippen molar-refractivity contribution in [3.63, 3.8) is 0 Å². The van der Waals surface area contributed by atoms with Gasteiger partial charge in [0.1, 0.15) is 0 Å². The zero-order valence-corrected chi connectivity index (χ0v) is 14.2. The van der Waals surface area contributed by atoms with Crippen molar-refractivity contribution in [2.75, 3.05) is 6.54 Å². The molecule has 0 aromatic heterocycles. The van der Waals surface area contributed by atoms with Gasteiger partial charge in [-0.1, -0.05) is 32.9 Å². The van der Waals surface area contributed by atoms with Gasteiger partial charge in [-0.05, 0) is 42.9 Å². The average Bonchev–Trinajstić information content (AvgIpc) is 2.37. The van der Waals surface area contributed by atoms with E-state index in [2.05, 4.69) is 20.8 Å². The van der Waals surface area contributed by atoms with Gasteiger partial charge in [0.15, 0.2) is 0 Å². The second kappa shape index (κ2) is 5.71. The molecule has 0 radical (unpaired) electrons. The van der Waals surface area contributed by atoms with E-state index in [1.165, 1.54) is 0 Å². The molecule has 2 unspecified atom stereocenters.